The third-order valence-corrected chi connectivity index (χ3v) is 4.24. The average Bonchev–Trinajstić information content (AvgIpc) is 2.53. The summed E-state index contributed by atoms with van der Waals surface area (Å²) in [7, 11) is 0. The van der Waals surface area contributed by atoms with E-state index in [1.165, 1.54) is 22.3 Å². The van der Waals surface area contributed by atoms with Crippen LogP contribution in [0.25, 0.3) is 22.3 Å². The van der Waals surface area contributed by atoms with Gasteiger partial charge < -0.3 is 11.5 Å². The summed E-state index contributed by atoms with van der Waals surface area (Å²) in [6.07, 6.45) is 0. The lowest BCUT2D eigenvalue weighted by molar-refractivity contribution is 1.34. The van der Waals surface area contributed by atoms with Crippen molar-refractivity contribution in [3.05, 3.63) is 71.8 Å². The van der Waals surface area contributed by atoms with Crippen LogP contribution in [0.15, 0.2) is 60.7 Å². The number of benzene rings is 3. The molecule has 3 aromatic carbocycles. The molecular weight excluding hydrogens is 268 g/mol. The first-order valence-electron chi connectivity index (χ1n) is 7.39. The second kappa shape index (κ2) is 5.57. The van der Waals surface area contributed by atoms with Gasteiger partial charge in [0.25, 0.3) is 0 Å². The van der Waals surface area contributed by atoms with Gasteiger partial charge in [-0.2, -0.15) is 0 Å². The van der Waals surface area contributed by atoms with Crippen LogP contribution in [0.1, 0.15) is 11.1 Å². The molecule has 0 atom stereocenters. The maximum Gasteiger partial charge on any atom is 0.0395 e. The van der Waals surface area contributed by atoms with Crippen molar-refractivity contribution in [2.45, 2.75) is 13.8 Å². The van der Waals surface area contributed by atoms with E-state index in [9.17, 15) is 0 Å². The second-order valence-electron chi connectivity index (χ2n) is 5.62. The van der Waals surface area contributed by atoms with Crippen molar-refractivity contribution in [3.63, 3.8) is 0 Å². The summed E-state index contributed by atoms with van der Waals surface area (Å²) < 4.78 is 0. The maximum absolute atomic E-state index is 6.13. The van der Waals surface area contributed by atoms with Crippen LogP contribution in [0, 0.1) is 13.8 Å². The van der Waals surface area contributed by atoms with Gasteiger partial charge in [0.15, 0.2) is 0 Å². The number of rotatable bonds is 2. The largest absolute Gasteiger partial charge is 0.399 e. The van der Waals surface area contributed by atoms with Crippen LogP contribution in [-0.4, -0.2) is 0 Å². The molecule has 0 aliphatic carbocycles. The highest BCUT2D eigenvalue weighted by Crippen LogP contribution is 2.35. The molecule has 0 heterocycles. The first kappa shape index (κ1) is 14.2. The van der Waals surface area contributed by atoms with Gasteiger partial charge in [-0.3, -0.25) is 0 Å². The van der Waals surface area contributed by atoms with Crippen molar-refractivity contribution in [3.8, 4) is 22.3 Å². The zero-order chi connectivity index (χ0) is 15.7. The molecule has 3 rings (SSSR count). The Bertz CT molecular complexity index is 821. The normalized spacial score (nSPS) is 10.6. The average molecular weight is 288 g/mol. The second-order valence-corrected chi connectivity index (χ2v) is 5.62. The molecule has 0 aliphatic rings. The fraction of sp³-hybridized carbons (Fsp3) is 0.100. The van der Waals surface area contributed by atoms with Crippen LogP contribution < -0.4 is 11.5 Å². The first-order chi connectivity index (χ1) is 10.6. The van der Waals surface area contributed by atoms with E-state index in [0.717, 1.165) is 22.5 Å². The van der Waals surface area contributed by atoms with Gasteiger partial charge in [0.1, 0.15) is 0 Å². The zero-order valence-electron chi connectivity index (χ0n) is 12.9. The Morgan fingerprint density at radius 3 is 2.00 bits per heavy atom. The molecular formula is C20H20N2. The molecule has 2 nitrogen and oxygen atoms in total. The number of hydrogen-bond acceptors (Lipinski definition) is 2. The van der Waals surface area contributed by atoms with Crippen LogP contribution in [0.3, 0.4) is 0 Å². The molecule has 0 saturated heterocycles. The minimum Gasteiger partial charge on any atom is -0.399 e. The monoisotopic (exact) mass is 288 g/mol. The summed E-state index contributed by atoms with van der Waals surface area (Å²) in [5.74, 6) is 0. The Labute approximate surface area is 131 Å². The van der Waals surface area contributed by atoms with Crippen molar-refractivity contribution < 1.29 is 0 Å². The molecule has 0 amide bonds. The summed E-state index contributed by atoms with van der Waals surface area (Å²) in [4.78, 5) is 0. The molecule has 0 radical (unpaired) electrons. The Kier molecular flexibility index (Phi) is 3.60. The van der Waals surface area contributed by atoms with Crippen molar-refractivity contribution in [2.75, 3.05) is 11.5 Å². The molecule has 0 aliphatic heterocycles. The molecule has 4 N–H and O–H groups in total. The lowest BCUT2D eigenvalue weighted by Gasteiger charge is -2.16. The van der Waals surface area contributed by atoms with Crippen molar-refractivity contribution >= 4 is 11.4 Å². The van der Waals surface area contributed by atoms with E-state index in [0.29, 0.717) is 0 Å². The topological polar surface area (TPSA) is 52.0 Å². The van der Waals surface area contributed by atoms with E-state index < -0.39 is 0 Å². The van der Waals surface area contributed by atoms with E-state index >= 15 is 0 Å². The van der Waals surface area contributed by atoms with E-state index in [-0.39, 0.29) is 0 Å². The Morgan fingerprint density at radius 2 is 1.27 bits per heavy atom. The Balaban J connectivity index is 2.17. The van der Waals surface area contributed by atoms with Crippen LogP contribution in [0.5, 0.6) is 0 Å². The van der Waals surface area contributed by atoms with Crippen LogP contribution in [-0.2, 0) is 0 Å². The third kappa shape index (κ3) is 2.44. The lowest BCUT2D eigenvalue weighted by Crippen LogP contribution is -1.96. The number of hydrogen-bond donors (Lipinski definition) is 2. The van der Waals surface area contributed by atoms with Gasteiger partial charge in [-0.25, -0.2) is 0 Å². The van der Waals surface area contributed by atoms with Crippen molar-refractivity contribution in [1.82, 2.24) is 0 Å². The van der Waals surface area contributed by atoms with E-state index in [2.05, 4.69) is 50.2 Å². The van der Waals surface area contributed by atoms with Gasteiger partial charge in [0.05, 0.1) is 0 Å². The summed E-state index contributed by atoms with van der Waals surface area (Å²) in [6.45, 7) is 4.30. The fourth-order valence-electron chi connectivity index (χ4n) is 2.85. The van der Waals surface area contributed by atoms with Gasteiger partial charge in [-0.1, -0.05) is 42.5 Å². The molecule has 2 heteroatoms. The van der Waals surface area contributed by atoms with Gasteiger partial charge >= 0.3 is 0 Å². The van der Waals surface area contributed by atoms with Gasteiger partial charge in [-0.05, 0) is 59.9 Å². The predicted molar refractivity (Wildman–Crippen MR) is 95.6 cm³/mol. The molecule has 0 aromatic heterocycles. The highest BCUT2D eigenvalue weighted by Gasteiger charge is 2.11. The SMILES string of the molecule is Cc1c(-c2ccccc2)ccc(-c2cc(N)ccc2N)c1C. The number of nitrogens with two attached hydrogens (primary N) is 2. The summed E-state index contributed by atoms with van der Waals surface area (Å²) in [5, 5.41) is 0. The molecule has 0 spiro atoms. The summed E-state index contributed by atoms with van der Waals surface area (Å²) in [5.41, 5.74) is 20.7. The van der Waals surface area contributed by atoms with Crippen molar-refractivity contribution in [1.29, 1.82) is 0 Å². The highest BCUT2D eigenvalue weighted by molar-refractivity contribution is 5.84. The van der Waals surface area contributed by atoms with Gasteiger partial charge in [-0.15, -0.1) is 0 Å². The Hall–Kier alpha value is -2.74. The van der Waals surface area contributed by atoms with E-state index in [1.54, 1.807) is 0 Å². The minimum atomic E-state index is 0.730. The van der Waals surface area contributed by atoms with E-state index in [4.69, 9.17) is 11.5 Å². The first-order valence-corrected chi connectivity index (χ1v) is 7.39. The van der Waals surface area contributed by atoms with Gasteiger partial charge in [0, 0.05) is 16.9 Å². The fourth-order valence-corrected chi connectivity index (χ4v) is 2.85. The third-order valence-electron chi connectivity index (χ3n) is 4.24. The summed E-state index contributed by atoms with van der Waals surface area (Å²) >= 11 is 0. The molecule has 0 fully saturated rings. The minimum absolute atomic E-state index is 0.730. The summed E-state index contributed by atoms with van der Waals surface area (Å²) in [6, 6.07) is 20.4. The molecule has 3 aromatic rings. The standard InChI is InChI=1S/C20H20N2/c1-13-14(2)18(19-12-16(21)8-11-20(19)22)10-9-17(13)15-6-4-3-5-7-15/h3-12H,21-22H2,1-2H3. The van der Waals surface area contributed by atoms with Crippen LogP contribution in [0.2, 0.25) is 0 Å². The van der Waals surface area contributed by atoms with Crippen molar-refractivity contribution in [2.24, 2.45) is 0 Å². The molecule has 110 valence electrons. The molecule has 0 unspecified atom stereocenters. The highest BCUT2D eigenvalue weighted by atomic mass is 14.6. The Morgan fingerprint density at radius 1 is 0.636 bits per heavy atom. The van der Waals surface area contributed by atoms with Crippen LogP contribution in [0.4, 0.5) is 11.4 Å². The predicted octanol–water partition coefficient (Wildman–Crippen LogP) is 4.80. The zero-order valence-corrected chi connectivity index (χ0v) is 12.9. The quantitative estimate of drug-likeness (QED) is 0.665. The molecule has 0 bridgehead atoms. The number of nitrogen functional groups attached to an aromatic ring is 2. The smallest absolute Gasteiger partial charge is 0.0395 e. The number of anilines is 2. The lowest BCUT2D eigenvalue weighted by atomic mass is 9.90. The van der Waals surface area contributed by atoms with E-state index in [1.807, 2.05) is 24.3 Å². The molecule has 0 saturated carbocycles. The van der Waals surface area contributed by atoms with Gasteiger partial charge in [0.2, 0.25) is 0 Å². The molecule has 22 heavy (non-hydrogen) atoms. The van der Waals surface area contributed by atoms with Crippen LogP contribution >= 0.6 is 0 Å². The maximum atomic E-state index is 6.13.